The molecular formula is C30H41BrN2O6. The van der Waals surface area contributed by atoms with Gasteiger partial charge in [0.2, 0.25) is 22.1 Å². The summed E-state index contributed by atoms with van der Waals surface area (Å²) in [6.07, 6.45) is 0.537. The number of aromatic nitrogens is 2. The maximum absolute atomic E-state index is 12.3. The number of ether oxygens (including phenoxy) is 2. The Hall–Kier alpha value is -2.94. The first kappa shape index (κ1) is 32.3. The van der Waals surface area contributed by atoms with Crippen molar-refractivity contribution in [1.29, 1.82) is 0 Å². The van der Waals surface area contributed by atoms with Crippen LogP contribution in [0.15, 0.2) is 25.6 Å². The Kier molecular flexibility index (Phi) is 10.7. The molecule has 1 aromatic carbocycles. The minimum absolute atomic E-state index is 0.196. The average Bonchev–Trinajstić information content (AvgIpc) is 3.41. The van der Waals surface area contributed by atoms with Crippen LogP contribution in [0.25, 0.3) is 0 Å². The van der Waals surface area contributed by atoms with Gasteiger partial charge >= 0.3 is 11.9 Å². The van der Waals surface area contributed by atoms with E-state index in [1.165, 1.54) is 22.3 Å². The van der Waals surface area contributed by atoms with E-state index < -0.39 is 11.9 Å². The summed E-state index contributed by atoms with van der Waals surface area (Å²) in [4.78, 5) is 32.2. The molecule has 0 bridgehead atoms. The predicted octanol–water partition coefficient (Wildman–Crippen LogP) is 7.58. The first-order valence-corrected chi connectivity index (χ1v) is 13.9. The first-order valence-electron chi connectivity index (χ1n) is 13.1. The van der Waals surface area contributed by atoms with Crippen molar-refractivity contribution < 1.29 is 27.9 Å². The highest BCUT2D eigenvalue weighted by Crippen LogP contribution is 2.29. The van der Waals surface area contributed by atoms with Gasteiger partial charge in [0.15, 0.2) is 5.69 Å². The van der Waals surface area contributed by atoms with Gasteiger partial charge in [-0.3, -0.25) is 0 Å². The monoisotopic (exact) mass is 604 g/mol. The van der Waals surface area contributed by atoms with Gasteiger partial charge in [-0.1, -0.05) is 59.2 Å². The Balaban J connectivity index is 0.000000306. The fourth-order valence-corrected chi connectivity index (χ4v) is 4.15. The van der Waals surface area contributed by atoms with Crippen LogP contribution in [-0.4, -0.2) is 35.1 Å². The maximum Gasteiger partial charge on any atom is 0.361 e. The Labute approximate surface area is 240 Å². The number of hydrogen-bond donors (Lipinski definition) is 0. The number of oxazole rings is 2. The molecule has 0 fully saturated rings. The molecule has 0 saturated heterocycles. The van der Waals surface area contributed by atoms with Crippen LogP contribution in [0.5, 0.6) is 0 Å². The van der Waals surface area contributed by atoms with Gasteiger partial charge in [0.05, 0.1) is 13.2 Å². The van der Waals surface area contributed by atoms with E-state index in [1.807, 2.05) is 41.5 Å². The van der Waals surface area contributed by atoms with E-state index in [4.69, 9.17) is 18.3 Å². The molecule has 39 heavy (non-hydrogen) atoms. The molecule has 0 atom stereocenters. The Bertz CT molecular complexity index is 1280. The summed E-state index contributed by atoms with van der Waals surface area (Å²) in [6, 6.07) is 4.29. The molecule has 8 nitrogen and oxygen atoms in total. The minimum Gasteiger partial charge on any atom is -0.461 e. The molecule has 0 aliphatic heterocycles. The number of nitrogens with zero attached hydrogens (tertiary/aromatic N) is 2. The lowest BCUT2D eigenvalue weighted by Gasteiger charge is -2.12. The zero-order valence-corrected chi connectivity index (χ0v) is 26.6. The van der Waals surface area contributed by atoms with E-state index in [9.17, 15) is 9.59 Å². The van der Waals surface area contributed by atoms with Crippen LogP contribution >= 0.6 is 15.9 Å². The zero-order chi connectivity index (χ0) is 29.7. The Morgan fingerprint density at radius 3 is 1.67 bits per heavy atom. The summed E-state index contributed by atoms with van der Waals surface area (Å²) in [6.45, 7) is 22.3. The van der Waals surface area contributed by atoms with Crippen LogP contribution < -0.4 is 0 Å². The molecule has 214 valence electrons. The van der Waals surface area contributed by atoms with Gasteiger partial charge < -0.3 is 18.3 Å². The number of carbonyl (C=O) groups excluding carboxylic acids is 2. The number of rotatable bonds is 6. The van der Waals surface area contributed by atoms with Gasteiger partial charge in [-0.2, -0.15) is 0 Å². The summed E-state index contributed by atoms with van der Waals surface area (Å²) >= 11 is 3.15. The van der Waals surface area contributed by atoms with Gasteiger partial charge in [0, 0.05) is 17.3 Å². The van der Waals surface area contributed by atoms with Crippen LogP contribution in [0.1, 0.15) is 116 Å². The van der Waals surface area contributed by atoms with Crippen LogP contribution in [0.3, 0.4) is 0 Å². The first-order chi connectivity index (χ1) is 18.0. The van der Waals surface area contributed by atoms with Crippen molar-refractivity contribution in [2.45, 2.75) is 93.4 Å². The SMILES string of the molecule is CCOC(=O)c1nc(C(C)(C)C)oc1Br.CCOC(=O)c1nc(C(C)(C)C)oc1Cc1c(C)cc(C)cc1C. The molecule has 0 N–H and O–H groups in total. The van der Waals surface area contributed by atoms with E-state index in [1.54, 1.807) is 13.8 Å². The molecule has 0 radical (unpaired) electrons. The van der Waals surface area contributed by atoms with Crippen molar-refractivity contribution in [3.05, 3.63) is 68.0 Å². The molecule has 3 aromatic rings. The summed E-state index contributed by atoms with van der Waals surface area (Å²) in [5.41, 5.74) is 4.77. The molecule has 0 aliphatic carbocycles. The van der Waals surface area contributed by atoms with Gasteiger partial charge in [0.1, 0.15) is 5.76 Å². The molecule has 2 heterocycles. The lowest BCUT2D eigenvalue weighted by atomic mass is 9.96. The fraction of sp³-hybridized carbons (Fsp3) is 0.533. The fourth-order valence-electron chi connectivity index (χ4n) is 3.75. The van der Waals surface area contributed by atoms with E-state index in [0.717, 1.165) is 0 Å². The number of halogens is 1. The van der Waals surface area contributed by atoms with E-state index >= 15 is 0 Å². The highest BCUT2D eigenvalue weighted by molar-refractivity contribution is 9.10. The van der Waals surface area contributed by atoms with Crippen molar-refractivity contribution in [3.63, 3.8) is 0 Å². The van der Waals surface area contributed by atoms with E-state index in [0.29, 0.717) is 47.5 Å². The molecular weight excluding hydrogens is 564 g/mol. The Morgan fingerprint density at radius 1 is 0.795 bits per heavy atom. The summed E-state index contributed by atoms with van der Waals surface area (Å²) < 4.78 is 21.6. The molecule has 0 aliphatic rings. The summed E-state index contributed by atoms with van der Waals surface area (Å²) in [5, 5.41) is 0. The topological polar surface area (TPSA) is 105 Å². The van der Waals surface area contributed by atoms with Crippen LogP contribution in [-0.2, 0) is 26.7 Å². The van der Waals surface area contributed by atoms with E-state index in [-0.39, 0.29) is 16.5 Å². The summed E-state index contributed by atoms with van der Waals surface area (Å²) in [5.74, 6) is 0.756. The van der Waals surface area contributed by atoms with Crippen LogP contribution in [0.2, 0.25) is 0 Å². The van der Waals surface area contributed by atoms with Crippen LogP contribution in [0.4, 0.5) is 0 Å². The molecule has 2 aromatic heterocycles. The third-order valence-corrected chi connectivity index (χ3v) is 6.22. The van der Waals surface area contributed by atoms with Crippen LogP contribution in [0, 0.1) is 20.8 Å². The smallest absolute Gasteiger partial charge is 0.361 e. The normalized spacial score (nSPS) is 11.6. The largest absolute Gasteiger partial charge is 0.461 e. The lowest BCUT2D eigenvalue weighted by molar-refractivity contribution is 0.0508. The molecule has 0 amide bonds. The molecule has 3 rings (SSSR count). The maximum atomic E-state index is 12.3. The summed E-state index contributed by atoms with van der Waals surface area (Å²) in [7, 11) is 0. The number of aryl methyl sites for hydroxylation is 3. The highest BCUT2D eigenvalue weighted by Gasteiger charge is 2.28. The van der Waals surface area contributed by atoms with Gasteiger partial charge in [-0.25, -0.2) is 19.6 Å². The third-order valence-electron chi connectivity index (χ3n) is 5.68. The van der Waals surface area contributed by atoms with Crippen molar-refractivity contribution in [3.8, 4) is 0 Å². The average molecular weight is 606 g/mol. The highest BCUT2D eigenvalue weighted by atomic mass is 79.9. The molecule has 9 heteroatoms. The second-order valence-electron chi connectivity index (χ2n) is 11.4. The molecule has 0 spiro atoms. The Morgan fingerprint density at radius 2 is 1.23 bits per heavy atom. The minimum atomic E-state index is -0.469. The van der Waals surface area contributed by atoms with Crippen molar-refractivity contribution in [2.24, 2.45) is 0 Å². The zero-order valence-electron chi connectivity index (χ0n) is 25.0. The quantitative estimate of drug-likeness (QED) is 0.265. The second kappa shape index (κ2) is 12.9. The standard InChI is InChI=1S/C20H27NO3.C10H14BrNO3/c1-8-23-18(22)17-16(24-19(21-17)20(5,6)7)11-15-13(3)9-12(2)10-14(15)4;1-5-14-8(13)6-7(11)15-9(12-6)10(2,3)4/h9-10H,8,11H2,1-7H3;5H2,1-4H3. The lowest BCUT2D eigenvalue weighted by Crippen LogP contribution is -2.13. The van der Waals surface area contributed by atoms with Gasteiger partial charge in [0.25, 0.3) is 0 Å². The predicted molar refractivity (Wildman–Crippen MR) is 153 cm³/mol. The van der Waals surface area contributed by atoms with Gasteiger partial charge in [-0.15, -0.1) is 0 Å². The number of esters is 2. The number of carbonyl (C=O) groups is 2. The van der Waals surface area contributed by atoms with Crippen molar-refractivity contribution in [1.82, 2.24) is 9.97 Å². The van der Waals surface area contributed by atoms with Crippen molar-refractivity contribution in [2.75, 3.05) is 13.2 Å². The van der Waals surface area contributed by atoms with E-state index in [2.05, 4.69) is 58.8 Å². The molecule has 0 unspecified atom stereocenters. The number of hydrogen-bond acceptors (Lipinski definition) is 8. The van der Waals surface area contributed by atoms with Crippen molar-refractivity contribution >= 4 is 27.9 Å². The third kappa shape index (κ3) is 8.52. The van der Waals surface area contributed by atoms with Gasteiger partial charge in [-0.05, 0) is 67.2 Å². The number of benzene rings is 1. The second-order valence-corrected chi connectivity index (χ2v) is 12.1. The molecule has 0 saturated carbocycles.